The third-order valence-corrected chi connectivity index (χ3v) is 3.48. The molecular formula is C15H20F3NO2. The molecule has 1 unspecified atom stereocenters. The second kappa shape index (κ2) is 7.24. The lowest BCUT2D eigenvalue weighted by Crippen LogP contribution is -2.32. The van der Waals surface area contributed by atoms with Gasteiger partial charge in [-0.3, -0.25) is 0 Å². The van der Waals surface area contributed by atoms with Crippen LogP contribution in [0.4, 0.5) is 13.2 Å². The Labute approximate surface area is 122 Å². The Morgan fingerprint density at radius 1 is 1.24 bits per heavy atom. The number of rotatable bonds is 5. The number of nitrogens with zero attached hydrogens (tertiary/aromatic N) is 1. The van der Waals surface area contributed by atoms with Crippen molar-refractivity contribution in [1.29, 1.82) is 0 Å². The molecule has 1 heterocycles. The van der Waals surface area contributed by atoms with Crippen LogP contribution in [0.25, 0.3) is 0 Å². The van der Waals surface area contributed by atoms with Crippen LogP contribution in [-0.4, -0.2) is 44.4 Å². The predicted molar refractivity (Wildman–Crippen MR) is 73.0 cm³/mol. The van der Waals surface area contributed by atoms with Gasteiger partial charge in [0, 0.05) is 13.1 Å². The van der Waals surface area contributed by atoms with Gasteiger partial charge in [-0.05, 0) is 25.1 Å². The normalized spacial score (nSPS) is 20.0. The SMILES string of the molecule is CN(CCC1COCCO1)Cc1ccccc1C(F)(F)F. The number of hydrogen-bond acceptors (Lipinski definition) is 3. The Bertz CT molecular complexity index is 445. The van der Waals surface area contributed by atoms with Crippen LogP contribution in [0, 0.1) is 0 Å². The maximum atomic E-state index is 12.9. The molecule has 1 saturated heterocycles. The molecule has 6 heteroatoms. The quantitative estimate of drug-likeness (QED) is 0.835. The van der Waals surface area contributed by atoms with Crippen molar-refractivity contribution in [3.05, 3.63) is 35.4 Å². The predicted octanol–water partition coefficient (Wildman–Crippen LogP) is 2.94. The molecule has 1 aromatic carbocycles. The second-order valence-electron chi connectivity index (χ2n) is 5.25. The Balaban J connectivity index is 1.89. The summed E-state index contributed by atoms with van der Waals surface area (Å²) in [7, 11) is 1.82. The molecule has 0 aliphatic carbocycles. The van der Waals surface area contributed by atoms with E-state index < -0.39 is 11.7 Å². The van der Waals surface area contributed by atoms with Gasteiger partial charge in [-0.2, -0.15) is 13.2 Å². The van der Waals surface area contributed by atoms with Crippen molar-refractivity contribution in [2.45, 2.75) is 25.2 Å². The van der Waals surface area contributed by atoms with Crippen LogP contribution in [-0.2, 0) is 22.2 Å². The molecule has 118 valence electrons. The van der Waals surface area contributed by atoms with Crippen LogP contribution >= 0.6 is 0 Å². The van der Waals surface area contributed by atoms with E-state index in [2.05, 4.69) is 0 Å². The summed E-state index contributed by atoms with van der Waals surface area (Å²) in [6, 6.07) is 5.71. The molecule has 0 amide bonds. The van der Waals surface area contributed by atoms with Gasteiger partial charge in [-0.1, -0.05) is 18.2 Å². The van der Waals surface area contributed by atoms with Gasteiger partial charge in [0.15, 0.2) is 0 Å². The topological polar surface area (TPSA) is 21.7 Å². The van der Waals surface area contributed by atoms with Crippen molar-refractivity contribution in [3.8, 4) is 0 Å². The van der Waals surface area contributed by atoms with E-state index in [1.807, 2.05) is 11.9 Å². The van der Waals surface area contributed by atoms with E-state index in [-0.39, 0.29) is 12.6 Å². The summed E-state index contributed by atoms with van der Waals surface area (Å²) in [5.74, 6) is 0. The molecule has 3 nitrogen and oxygen atoms in total. The first kappa shape index (κ1) is 16.3. The van der Waals surface area contributed by atoms with Crippen LogP contribution in [0.3, 0.4) is 0 Å². The average Bonchev–Trinajstić information content (AvgIpc) is 2.46. The molecule has 0 radical (unpaired) electrons. The summed E-state index contributed by atoms with van der Waals surface area (Å²) >= 11 is 0. The maximum absolute atomic E-state index is 12.9. The van der Waals surface area contributed by atoms with Gasteiger partial charge in [-0.25, -0.2) is 0 Å². The fraction of sp³-hybridized carbons (Fsp3) is 0.600. The van der Waals surface area contributed by atoms with E-state index in [1.54, 1.807) is 6.07 Å². The van der Waals surface area contributed by atoms with E-state index in [0.717, 1.165) is 12.5 Å². The number of alkyl halides is 3. The third-order valence-electron chi connectivity index (χ3n) is 3.48. The molecule has 1 aliphatic heterocycles. The highest BCUT2D eigenvalue weighted by atomic mass is 19.4. The minimum atomic E-state index is -4.31. The van der Waals surface area contributed by atoms with Crippen molar-refractivity contribution in [2.24, 2.45) is 0 Å². The Morgan fingerprint density at radius 2 is 2.00 bits per heavy atom. The summed E-state index contributed by atoms with van der Waals surface area (Å²) in [6.07, 6.45) is -3.51. The Kier molecular flexibility index (Phi) is 5.61. The van der Waals surface area contributed by atoms with Gasteiger partial charge in [0.05, 0.1) is 31.5 Å². The molecule has 0 aromatic heterocycles. The molecule has 0 bridgehead atoms. The second-order valence-corrected chi connectivity index (χ2v) is 5.25. The molecule has 0 N–H and O–H groups in total. The minimum Gasteiger partial charge on any atom is -0.376 e. The van der Waals surface area contributed by atoms with E-state index in [4.69, 9.17) is 9.47 Å². The monoisotopic (exact) mass is 303 g/mol. The molecule has 1 aliphatic rings. The fourth-order valence-corrected chi connectivity index (χ4v) is 2.37. The highest BCUT2D eigenvalue weighted by molar-refractivity contribution is 5.29. The standard InChI is InChI=1S/C15H20F3NO2/c1-19(7-6-13-11-20-8-9-21-13)10-12-4-2-3-5-14(12)15(16,17)18/h2-5,13H,6-11H2,1H3. The maximum Gasteiger partial charge on any atom is 0.416 e. The zero-order chi connectivity index (χ0) is 15.3. The van der Waals surface area contributed by atoms with E-state index >= 15 is 0 Å². The largest absolute Gasteiger partial charge is 0.416 e. The van der Waals surface area contributed by atoms with Crippen LogP contribution in [0.15, 0.2) is 24.3 Å². The highest BCUT2D eigenvalue weighted by Gasteiger charge is 2.33. The van der Waals surface area contributed by atoms with Crippen molar-refractivity contribution < 1.29 is 22.6 Å². The van der Waals surface area contributed by atoms with Gasteiger partial charge in [-0.15, -0.1) is 0 Å². The summed E-state index contributed by atoms with van der Waals surface area (Å²) in [4.78, 5) is 1.88. The van der Waals surface area contributed by atoms with Crippen LogP contribution < -0.4 is 0 Å². The van der Waals surface area contributed by atoms with Crippen LogP contribution in [0.5, 0.6) is 0 Å². The summed E-state index contributed by atoms with van der Waals surface area (Å²) in [5.41, 5.74) is -0.262. The molecule has 0 saturated carbocycles. The number of hydrogen-bond donors (Lipinski definition) is 0. The third kappa shape index (κ3) is 4.98. The molecule has 0 spiro atoms. The first-order valence-corrected chi connectivity index (χ1v) is 7.00. The summed E-state index contributed by atoms with van der Waals surface area (Å²) in [6.45, 7) is 2.70. The highest BCUT2D eigenvalue weighted by Crippen LogP contribution is 2.32. The number of benzene rings is 1. The lowest BCUT2D eigenvalue weighted by atomic mass is 10.1. The molecule has 1 fully saturated rings. The summed E-state index contributed by atoms with van der Waals surface area (Å²) in [5, 5.41) is 0. The first-order chi connectivity index (χ1) is 9.97. The van der Waals surface area contributed by atoms with E-state index in [1.165, 1.54) is 12.1 Å². The number of halogens is 3. The molecule has 21 heavy (non-hydrogen) atoms. The summed E-state index contributed by atoms with van der Waals surface area (Å²) < 4.78 is 49.6. The lowest BCUT2D eigenvalue weighted by molar-refractivity contribution is -0.138. The van der Waals surface area contributed by atoms with Crippen molar-refractivity contribution in [2.75, 3.05) is 33.4 Å². The van der Waals surface area contributed by atoms with Crippen molar-refractivity contribution >= 4 is 0 Å². The smallest absolute Gasteiger partial charge is 0.376 e. The van der Waals surface area contributed by atoms with Gasteiger partial charge in [0.25, 0.3) is 0 Å². The van der Waals surface area contributed by atoms with Gasteiger partial charge < -0.3 is 14.4 Å². The average molecular weight is 303 g/mol. The van der Waals surface area contributed by atoms with Crippen LogP contribution in [0.1, 0.15) is 17.5 Å². The fourth-order valence-electron chi connectivity index (χ4n) is 2.37. The Hall–Kier alpha value is -1.11. The first-order valence-electron chi connectivity index (χ1n) is 7.00. The van der Waals surface area contributed by atoms with Crippen LogP contribution in [0.2, 0.25) is 0 Å². The minimum absolute atomic E-state index is 0.0408. The Morgan fingerprint density at radius 3 is 2.67 bits per heavy atom. The molecule has 2 rings (SSSR count). The van der Waals surface area contributed by atoms with Gasteiger partial charge in [0.2, 0.25) is 0 Å². The van der Waals surface area contributed by atoms with Crippen molar-refractivity contribution in [3.63, 3.8) is 0 Å². The molecule has 1 aromatic rings. The lowest BCUT2D eigenvalue weighted by Gasteiger charge is -2.26. The van der Waals surface area contributed by atoms with Crippen molar-refractivity contribution in [1.82, 2.24) is 4.90 Å². The van der Waals surface area contributed by atoms with Gasteiger partial charge in [0.1, 0.15) is 0 Å². The van der Waals surface area contributed by atoms with E-state index in [0.29, 0.717) is 31.9 Å². The van der Waals surface area contributed by atoms with Gasteiger partial charge >= 0.3 is 6.18 Å². The molecule has 1 atom stereocenters. The molecular weight excluding hydrogens is 283 g/mol. The number of ether oxygens (including phenoxy) is 2. The zero-order valence-electron chi connectivity index (χ0n) is 12.0. The van der Waals surface area contributed by atoms with E-state index in [9.17, 15) is 13.2 Å². The zero-order valence-corrected chi connectivity index (χ0v) is 12.0.